The molecule has 5 nitrogen and oxygen atoms in total. The number of carbonyl (C=O) groups is 1. The molecule has 3 aromatic rings. The molecule has 1 aliphatic carbocycles. The van der Waals surface area contributed by atoms with Gasteiger partial charge in [0, 0.05) is 11.6 Å². The van der Waals surface area contributed by atoms with Crippen molar-refractivity contribution in [3.05, 3.63) is 88.8 Å². The summed E-state index contributed by atoms with van der Waals surface area (Å²) in [6, 6.07) is 14.5. The molecule has 1 aromatic heterocycles. The molecule has 0 amide bonds. The maximum Gasteiger partial charge on any atom is 0.250 e. The molecule has 0 radical (unpaired) electrons. The van der Waals surface area contributed by atoms with Crippen molar-refractivity contribution >= 4 is 11.9 Å². The van der Waals surface area contributed by atoms with E-state index in [2.05, 4.69) is 35.2 Å². The first kappa shape index (κ1) is 23.1. The molecule has 0 bridgehead atoms. The molecule has 0 aliphatic heterocycles. The number of carbonyl (C=O) groups excluding carboxylic acids is 1. The molecule has 1 heterocycles. The van der Waals surface area contributed by atoms with E-state index < -0.39 is 0 Å². The summed E-state index contributed by atoms with van der Waals surface area (Å²) in [4.78, 5) is 19.0. The first-order valence-corrected chi connectivity index (χ1v) is 11.5. The number of allylic oxidation sites excluding steroid dienone is 1. The Labute approximate surface area is 194 Å². The third-order valence-electron chi connectivity index (χ3n) is 6.50. The van der Waals surface area contributed by atoms with Gasteiger partial charge in [-0.05, 0) is 82.3 Å². The molecule has 1 atom stereocenters. The van der Waals surface area contributed by atoms with E-state index in [1.165, 1.54) is 0 Å². The number of nitrogens with zero attached hydrogens (tertiary/aromatic N) is 3. The standard InChI is InChI=1S/C27H30FN3O2/c1-18-4-9-22(10-5-18)26(32)27-29-24(33-30-27)17-8-19-6-11-20(12-7-19)25(31(2)3)21-13-15-23(28)16-14-21/h4-5,8-10,13-17,19-20,25H,6-7,11-12H2,1-3H3/b17-8+. The van der Waals surface area contributed by atoms with Gasteiger partial charge in [0.15, 0.2) is 0 Å². The van der Waals surface area contributed by atoms with E-state index in [-0.39, 0.29) is 23.5 Å². The quantitative estimate of drug-likeness (QED) is 0.424. The summed E-state index contributed by atoms with van der Waals surface area (Å²) in [6.45, 7) is 1.97. The van der Waals surface area contributed by atoms with E-state index in [1.54, 1.807) is 24.3 Å². The monoisotopic (exact) mass is 447 g/mol. The third-order valence-corrected chi connectivity index (χ3v) is 6.50. The summed E-state index contributed by atoms with van der Waals surface area (Å²) >= 11 is 0. The number of rotatable bonds is 7. The van der Waals surface area contributed by atoms with Gasteiger partial charge in [0.2, 0.25) is 11.6 Å². The predicted molar refractivity (Wildman–Crippen MR) is 126 cm³/mol. The first-order chi connectivity index (χ1) is 15.9. The van der Waals surface area contributed by atoms with E-state index in [0.29, 0.717) is 23.3 Å². The van der Waals surface area contributed by atoms with Gasteiger partial charge in [-0.25, -0.2) is 4.39 Å². The lowest BCUT2D eigenvalue weighted by Crippen LogP contribution is -2.30. The average molecular weight is 448 g/mol. The van der Waals surface area contributed by atoms with Crippen LogP contribution < -0.4 is 0 Å². The van der Waals surface area contributed by atoms with Crippen molar-refractivity contribution in [2.45, 2.75) is 38.6 Å². The number of ketones is 1. The molecule has 4 rings (SSSR count). The van der Waals surface area contributed by atoms with Crippen LogP contribution in [0.3, 0.4) is 0 Å². The van der Waals surface area contributed by atoms with E-state index in [4.69, 9.17) is 4.52 Å². The summed E-state index contributed by atoms with van der Waals surface area (Å²) < 4.78 is 18.6. The van der Waals surface area contributed by atoms with E-state index in [1.807, 2.05) is 37.3 Å². The van der Waals surface area contributed by atoms with Crippen LogP contribution in [0.2, 0.25) is 0 Å². The molecule has 6 heteroatoms. The van der Waals surface area contributed by atoms with Gasteiger partial charge in [-0.1, -0.05) is 53.2 Å². The van der Waals surface area contributed by atoms with Crippen molar-refractivity contribution in [1.82, 2.24) is 15.0 Å². The number of hydrogen-bond acceptors (Lipinski definition) is 5. The van der Waals surface area contributed by atoms with Crippen LogP contribution in [0.4, 0.5) is 4.39 Å². The van der Waals surface area contributed by atoms with Crippen molar-refractivity contribution < 1.29 is 13.7 Å². The van der Waals surface area contributed by atoms with Crippen molar-refractivity contribution in [2.24, 2.45) is 11.8 Å². The Morgan fingerprint density at radius 3 is 2.36 bits per heavy atom. The van der Waals surface area contributed by atoms with Gasteiger partial charge in [-0.2, -0.15) is 4.98 Å². The average Bonchev–Trinajstić information content (AvgIpc) is 3.29. The van der Waals surface area contributed by atoms with Gasteiger partial charge in [0.25, 0.3) is 5.89 Å². The number of aryl methyl sites for hydroxylation is 1. The van der Waals surface area contributed by atoms with Crippen molar-refractivity contribution in [2.75, 3.05) is 14.1 Å². The first-order valence-electron chi connectivity index (χ1n) is 11.5. The van der Waals surface area contributed by atoms with E-state index in [0.717, 1.165) is 36.8 Å². The SMILES string of the molecule is Cc1ccc(C(=O)c2noc(/C=C/C3CCC(C(c4ccc(F)cc4)N(C)C)CC3)n2)cc1. The second-order valence-corrected chi connectivity index (χ2v) is 9.15. The highest BCUT2D eigenvalue weighted by molar-refractivity contribution is 6.06. The molecule has 1 aliphatic rings. The van der Waals surface area contributed by atoms with Gasteiger partial charge in [0.1, 0.15) is 5.82 Å². The van der Waals surface area contributed by atoms with Crippen LogP contribution in [0.1, 0.15) is 64.9 Å². The minimum absolute atomic E-state index is 0.0790. The number of benzene rings is 2. The summed E-state index contributed by atoms with van der Waals surface area (Å²) in [5, 5.41) is 3.85. The maximum absolute atomic E-state index is 13.4. The normalized spacial score (nSPS) is 19.8. The molecule has 1 unspecified atom stereocenters. The molecule has 33 heavy (non-hydrogen) atoms. The van der Waals surface area contributed by atoms with Crippen LogP contribution in [0.25, 0.3) is 6.08 Å². The largest absolute Gasteiger partial charge is 0.334 e. The van der Waals surface area contributed by atoms with E-state index in [9.17, 15) is 9.18 Å². The Balaban J connectivity index is 1.35. The Morgan fingerprint density at radius 2 is 1.73 bits per heavy atom. The van der Waals surface area contributed by atoms with Crippen molar-refractivity contribution in [3.8, 4) is 0 Å². The molecule has 2 aromatic carbocycles. The van der Waals surface area contributed by atoms with Crippen molar-refractivity contribution in [1.29, 1.82) is 0 Å². The smallest absolute Gasteiger partial charge is 0.250 e. The van der Waals surface area contributed by atoms with Crippen LogP contribution in [-0.2, 0) is 0 Å². The van der Waals surface area contributed by atoms with Gasteiger partial charge < -0.3 is 9.42 Å². The molecule has 1 fully saturated rings. The van der Waals surface area contributed by atoms with Gasteiger partial charge in [-0.3, -0.25) is 4.79 Å². The lowest BCUT2D eigenvalue weighted by molar-refractivity contribution is 0.102. The van der Waals surface area contributed by atoms with Crippen LogP contribution in [0, 0.1) is 24.6 Å². The number of hydrogen-bond donors (Lipinski definition) is 0. The number of aromatic nitrogens is 2. The third kappa shape index (κ3) is 5.63. The highest BCUT2D eigenvalue weighted by Gasteiger charge is 2.29. The molecule has 172 valence electrons. The molecule has 0 spiro atoms. The summed E-state index contributed by atoms with van der Waals surface area (Å²) in [5.41, 5.74) is 2.80. The lowest BCUT2D eigenvalue weighted by Gasteiger charge is -2.37. The van der Waals surface area contributed by atoms with Gasteiger partial charge in [0.05, 0.1) is 0 Å². The van der Waals surface area contributed by atoms with Crippen LogP contribution >= 0.6 is 0 Å². The molecule has 1 saturated carbocycles. The predicted octanol–water partition coefficient (Wildman–Crippen LogP) is 5.87. The minimum atomic E-state index is -0.241. The second-order valence-electron chi connectivity index (χ2n) is 9.15. The van der Waals surface area contributed by atoms with Crippen molar-refractivity contribution in [3.63, 3.8) is 0 Å². The fourth-order valence-electron chi connectivity index (χ4n) is 4.75. The molecular formula is C27H30FN3O2. The molecule has 0 saturated heterocycles. The highest BCUT2D eigenvalue weighted by atomic mass is 19.1. The van der Waals surface area contributed by atoms with Gasteiger partial charge >= 0.3 is 0 Å². The molecule has 0 N–H and O–H groups in total. The molecular weight excluding hydrogens is 417 g/mol. The van der Waals surface area contributed by atoms with Crippen LogP contribution in [0.5, 0.6) is 0 Å². The lowest BCUT2D eigenvalue weighted by atomic mass is 9.76. The zero-order valence-electron chi connectivity index (χ0n) is 19.4. The fourth-order valence-corrected chi connectivity index (χ4v) is 4.75. The highest BCUT2D eigenvalue weighted by Crippen LogP contribution is 2.39. The summed E-state index contributed by atoms with van der Waals surface area (Å²) in [7, 11) is 4.18. The zero-order valence-corrected chi connectivity index (χ0v) is 19.4. The van der Waals surface area contributed by atoms with Crippen LogP contribution in [-0.4, -0.2) is 34.9 Å². The Hall–Kier alpha value is -3.12. The van der Waals surface area contributed by atoms with Crippen LogP contribution in [0.15, 0.2) is 59.1 Å². The zero-order chi connectivity index (χ0) is 23.4. The Morgan fingerprint density at radius 1 is 1.06 bits per heavy atom. The second kappa shape index (κ2) is 10.2. The summed E-state index contributed by atoms with van der Waals surface area (Å²) in [5.74, 6) is 0.947. The van der Waals surface area contributed by atoms with E-state index >= 15 is 0 Å². The maximum atomic E-state index is 13.4. The fraction of sp³-hybridized carbons (Fsp3) is 0.370. The Kier molecular flexibility index (Phi) is 7.14. The Bertz CT molecular complexity index is 1100. The topological polar surface area (TPSA) is 59.2 Å². The summed E-state index contributed by atoms with van der Waals surface area (Å²) in [6.07, 6.45) is 8.26. The number of halogens is 1. The van der Waals surface area contributed by atoms with Gasteiger partial charge in [-0.15, -0.1) is 0 Å². The minimum Gasteiger partial charge on any atom is -0.334 e.